The summed E-state index contributed by atoms with van der Waals surface area (Å²) in [5.74, 6) is 2.55. The van der Waals surface area contributed by atoms with E-state index < -0.39 is 0 Å². The van der Waals surface area contributed by atoms with Gasteiger partial charge in [0, 0.05) is 6.54 Å². The lowest BCUT2D eigenvalue weighted by molar-refractivity contribution is -0.109. The monoisotopic (exact) mass is 283 g/mol. The second-order valence-electron chi connectivity index (χ2n) is 4.04. The van der Waals surface area contributed by atoms with Crippen LogP contribution in [0.5, 0.6) is 11.5 Å². The van der Waals surface area contributed by atoms with Crippen LogP contribution in [0.2, 0.25) is 0 Å². The zero-order valence-corrected chi connectivity index (χ0v) is 12.5. The molecule has 19 heavy (non-hydrogen) atoms. The second kappa shape index (κ2) is 8.69. The van der Waals surface area contributed by atoms with E-state index in [9.17, 15) is 4.79 Å². The molecule has 0 aliphatic heterocycles. The SMILES string of the molecule is COc1cc(CCNC=O)c(CCSC)cc1OC. The summed E-state index contributed by atoms with van der Waals surface area (Å²) in [4.78, 5) is 10.3. The van der Waals surface area contributed by atoms with Gasteiger partial charge in [0.25, 0.3) is 0 Å². The summed E-state index contributed by atoms with van der Waals surface area (Å²) in [6.45, 7) is 0.630. The molecule has 1 rings (SSSR count). The first-order valence-corrected chi connectivity index (χ1v) is 7.56. The first-order chi connectivity index (χ1) is 9.26. The second-order valence-corrected chi connectivity index (χ2v) is 5.03. The van der Waals surface area contributed by atoms with Crippen LogP contribution < -0.4 is 14.8 Å². The lowest BCUT2D eigenvalue weighted by atomic mass is 10.0. The number of ether oxygens (including phenoxy) is 2. The van der Waals surface area contributed by atoms with Gasteiger partial charge < -0.3 is 14.8 Å². The minimum absolute atomic E-state index is 0.630. The largest absolute Gasteiger partial charge is 0.493 e. The van der Waals surface area contributed by atoms with Crippen molar-refractivity contribution in [3.05, 3.63) is 23.3 Å². The van der Waals surface area contributed by atoms with Gasteiger partial charge in [-0.05, 0) is 48.1 Å². The van der Waals surface area contributed by atoms with Crippen LogP contribution in [0.3, 0.4) is 0 Å². The smallest absolute Gasteiger partial charge is 0.207 e. The number of aryl methyl sites for hydroxylation is 1. The highest BCUT2D eigenvalue weighted by molar-refractivity contribution is 7.98. The van der Waals surface area contributed by atoms with E-state index in [4.69, 9.17) is 9.47 Å². The average Bonchev–Trinajstić information content (AvgIpc) is 2.45. The van der Waals surface area contributed by atoms with Gasteiger partial charge in [0.2, 0.25) is 6.41 Å². The Kier molecular flexibility index (Phi) is 7.18. The van der Waals surface area contributed by atoms with Gasteiger partial charge in [-0.15, -0.1) is 0 Å². The molecule has 0 heterocycles. The molecular weight excluding hydrogens is 262 g/mol. The van der Waals surface area contributed by atoms with E-state index in [0.717, 1.165) is 36.5 Å². The molecule has 1 N–H and O–H groups in total. The Bertz CT molecular complexity index is 410. The van der Waals surface area contributed by atoms with E-state index in [1.807, 2.05) is 23.9 Å². The summed E-state index contributed by atoms with van der Waals surface area (Å²) in [6.07, 6.45) is 4.59. The van der Waals surface area contributed by atoms with Crippen molar-refractivity contribution in [2.45, 2.75) is 12.8 Å². The molecule has 4 nitrogen and oxygen atoms in total. The highest BCUT2D eigenvalue weighted by Gasteiger charge is 2.10. The van der Waals surface area contributed by atoms with E-state index in [0.29, 0.717) is 6.54 Å². The van der Waals surface area contributed by atoms with Crippen molar-refractivity contribution in [1.29, 1.82) is 0 Å². The topological polar surface area (TPSA) is 47.6 Å². The van der Waals surface area contributed by atoms with Gasteiger partial charge in [0.1, 0.15) is 0 Å². The predicted octanol–water partition coefficient (Wildman–Crippen LogP) is 1.90. The van der Waals surface area contributed by atoms with E-state index >= 15 is 0 Å². The quantitative estimate of drug-likeness (QED) is 0.555. The fourth-order valence-corrected chi connectivity index (χ4v) is 2.33. The first-order valence-electron chi connectivity index (χ1n) is 6.16. The molecule has 0 saturated heterocycles. The van der Waals surface area contributed by atoms with Gasteiger partial charge in [-0.25, -0.2) is 0 Å². The summed E-state index contributed by atoms with van der Waals surface area (Å²) < 4.78 is 10.7. The maximum Gasteiger partial charge on any atom is 0.207 e. The molecule has 1 amide bonds. The third-order valence-electron chi connectivity index (χ3n) is 2.90. The lowest BCUT2D eigenvalue weighted by Crippen LogP contribution is -2.15. The third-order valence-corrected chi connectivity index (χ3v) is 3.52. The Labute approximate surface area is 118 Å². The number of benzene rings is 1. The first kappa shape index (κ1) is 15.7. The summed E-state index contributed by atoms with van der Waals surface area (Å²) in [6, 6.07) is 4.03. The summed E-state index contributed by atoms with van der Waals surface area (Å²) in [5.41, 5.74) is 2.45. The number of nitrogens with one attached hydrogen (secondary N) is 1. The lowest BCUT2D eigenvalue weighted by Gasteiger charge is -2.14. The summed E-state index contributed by atoms with van der Waals surface area (Å²) >= 11 is 1.81. The van der Waals surface area contributed by atoms with Gasteiger partial charge in [-0.1, -0.05) is 0 Å². The molecule has 1 aromatic carbocycles. The van der Waals surface area contributed by atoms with Crippen molar-refractivity contribution in [2.24, 2.45) is 0 Å². The fourth-order valence-electron chi connectivity index (χ4n) is 1.91. The van der Waals surface area contributed by atoms with Crippen molar-refractivity contribution in [1.82, 2.24) is 5.32 Å². The van der Waals surface area contributed by atoms with Crippen molar-refractivity contribution in [3.8, 4) is 11.5 Å². The van der Waals surface area contributed by atoms with Crippen LogP contribution in [0.4, 0.5) is 0 Å². The predicted molar refractivity (Wildman–Crippen MR) is 79.4 cm³/mol. The molecule has 0 spiro atoms. The molecule has 0 radical (unpaired) electrons. The molecule has 0 aliphatic rings. The number of carbonyl (C=O) groups excluding carboxylic acids is 1. The minimum Gasteiger partial charge on any atom is -0.493 e. The summed E-state index contributed by atoms with van der Waals surface area (Å²) in [7, 11) is 3.27. The maximum atomic E-state index is 10.3. The van der Waals surface area contributed by atoms with Gasteiger partial charge in [-0.2, -0.15) is 11.8 Å². The molecule has 0 atom stereocenters. The maximum absolute atomic E-state index is 10.3. The fraction of sp³-hybridized carbons (Fsp3) is 0.500. The Hall–Kier alpha value is -1.36. The molecule has 0 unspecified atom stereocenters. The standard InChI is InChI=1S/C14H21NO3S/c1-17-13-8-11(4-6-15-10-16)12(5-7-19-3)9-14(13)18-2/h8-10H,4-7H2,1-3H3,(H,15,16). The molecular formula is C14H21NO3S. The summed E-state index contributed by atoms with van der Waals surface area (Å²) in [5, 5.41) is 2.69. The van der Waals surface area contributed by atoms with Crippen LogP contribution in [-0.2, 0) is 17.6 Å². The van der Waals surface area contributed by atoms with Crippen molar-refractivity contribution in [3.63, 3.8) is 0 Å². The Morgan fingerprint density at radius 1 is 1.16 bits per heavy atom. The third kappa shape index (κ3) is 4.67. The van der Waals surface area contributed by atoms with Crippen molar-refractivity contribution < 1.29 is 14.3 Å². The van der Waals surface area contributed by atoms with Crippen LogP contribution in [-0.4, -0.2) is 39.2 Å². The molecule has 0 bridgehead atoms. The van der Waals surface area contributed by atoms with Gasteiger partial charge >= 0.3 is 0 Å². The van der Waals surface area contributed by atoms with Crippen LogP contribution in [0, 0.1) is 0 Å². The van der Waals surface area contributed by atoms with Gasteiger partial charge in [0.15, 0.2) is 11.5 Å². The number of carbonyl (C=O) groups is 1. The number of methoxy groups -OCH3 is 2. The zero-order valence-electron chi connectivity index (χ0n) is 11.7. The van der Waals surface area contributed by atoms with Gasteiger partial charge in [-0.3, -0.25) is 4.79 Å². The van der Waals surface area contributed by atoms with Crippen molar-refractivity contribution >= 4 is 18.2 Å². The van der Waals surface area contributed by atoms with E-state index in [-0.39, 0.29) is 0 Å². The Balaban J connectivity index is 2.97. The molecule has 0 aliphatic carbocycles. The molecule has 0 aromatic heterocycles. The van der Waals surface area contributed by atoms with Crippen LogP contribution >= 0.6 is 11.8 Å². The van der Waals surface area contributed by atoms with Gasteiger partial charge in [0.05, 0.1) is 14.2 Å². The average molecular weight is 283 g/mol. The zero-order chi connectivity index (χ0) is 14.1. The Morgan fingerprint density at radius 3 is 2.21 bits per heavy atom. The highest BCUT2D eigenvalue weighted by Crippen LogP contribution is 2.31. The highest BCUT2D eigenvalue weighted by atomic mass is 32.2. The number of hydrogen-bond donors (Lipinski definition) is 1. The molecule has 0 saturated carbocycles. The normalized spacial score (nSPS) is 10.1. The number of hydrogen-bond acceptors (Lipinski definition) is 4. The number of amides is 1. The Morgan fingerprint density at radius 2 is 1.74 bits per heavy atom. The van der Waals surface area contributed by atoms with Crippen molar-refractivity contribution in [2.75, 3.05) is 32.8 Å². The molecule has 106 valence electrons. The molecule has 5 heteroatoms. The molecule has 0 fully saturated rings. The van der Waals surface area contributed by atoms with Crippen LogP contribution in [0.25, 0.3) is 0 Å². The number of thioether (sulfide) groups is 1. The molecule has 1 aromatic rings. The van der Waals surface area contributed by atoms with E-state index in [2.05, 4.69) is 11.6 Å². The minimum atomic E-state index is 0.630. The van der Waals surface area contributed by atoms with Crippen LogP contribution in [0.1, 0.15) is 11.1 Å². The van der Waals surface area contributed by atoms with E-state index in [1.54, 1.807) is 14.2 Å². The number of rotatable bonds is 9. The van der Waals surface area contributed by atoms with E-state index in [1.165, 1.54) is 11.1 Å². The van der Waals surface area contributed by atoms with Crippen LogP contribution in [0.15, 0.2) is 12.1 Å².